The average Bonchev–Trinajstić information content (AvgIpc) is 2.40. The van der Waals surface area contributed by atoms with Crippen LogP contribution < -0.4 is 9.80 Å². The van der Waals surface area contributed by atoms with E-state index in [0.717, 1.165) is 12.0 Å². The molecule has 1 fully saturated rings. The van der Waals surface area contributed by atoms with E-state index in [-0.39, 0.29) is 0 Å². The van der Waals surface area contributed by atoms with E-state index in [0.29, 0.717) is 0 Å². The van der Waals surface area contributed by atoms with Crippen molar-refractivity contribution in [2.45, 2.75) is 45.6 Å². The van der Waals surface area contributed by atoms with Crippen LogP contribution in [0.2, 0.25) is 0 Å². The van der Waals surface area contributed by atoms with Gasteiger partial charge in [0, 0.05) is 5.92 Å². The van der Waals surface area contributed by atoms with E-state index in [1.807, 2.05) is 9.80 Å². The van der Waals surface area contributed by atoms with Gasteiger partial charge in [-0.15, -0.1) is 0 Å². The predicted molar refractivity (Wildman–Crippen MR) is 72.5 cm³/mol. The highest BCUT2D eigenvalue weighted by Gasteiger charge is 2.27. The zero-order chi connectivity index (χ0) is 12.1. The normalized spacial score (nSPS) is 35.8. The summed E-state index contributed by atoms with van der Waals surface area (Å²) in [5, 5.41) is 0. The molecule has 0 aromatic heterocycles. The molecule has 2 N–H and O–H groups in total. The molecule has 98 valence electrons. The predicted octanol–water partition coefficient (Wildman–Crippen LogP) is -0.0754. The highest BCUT2D eigenvalue weighted by atomic mass is 15.3. The summed E-state index contributed by atoms with van der Waals surface area (Å²) in [7, 11) is 0. The Morgan fingerprint density at radius 3 is 2.53 bits per heavy atom. The minimum atomic E-state index is 0.870. The minimum Gasteiger partial charge on any atom is -0.325 e. The molecule has 2 rings (SSSR count). The molecule has 1 aliphatic heterocycles. The summed E-state index contributed by atoms with van der Waals surface area (Å²) in [5.74, 6) is 0.972. The number of hydrogen-bond acceptors (Lipinski definition) is 0. The topological polar surface area (TPSA) is 8.88 Å². The van der Waals surface area contributed by atoms with Crippen molar-refractivity contribution in [3.05, 3.63) is 12.2 Å². The molecule has 1 heterocycles. The van der Waals surface area contributed by atoms with Gasteiger partial charge in [-0.25, -0.2) is 0 Å². The van der Waals surface area contributed by atoms with E-state index in [9.17, 15) is 0 Å². The first-order valence-electron chi connectivity index (χ1n) is 7.62. The number of nitrogens with one attached hydrogen (secondary N) is 2. The highest BCUT2D eigenvalue weighted by molar-refractivity contribution is 4.89. The maximum atomic E-state index is 2.41. The summed E-state index contributed by atoms with van der Waals surface area (Å²) in [6, 6.07) is 0.870. The van der Waals surface area contributed by atoms with Crippen molar-refractivity contribution in [2.75, 3.05) is 32.7 Å². The van der Waals surface area contributed by atoms with Crippen LogP contribution in [-0.4, -0.2) is 38.8 Å². The molecule has 17 heavy (non-hydrogen) atoms. The molecule has 0 unspecified atom stereocenters. The maximum absolute atomic E-state index is 2.41. The fourth-order valence-electron chi connectivity index (χ4n) is 3.36. The van der Waals surface area contributed by atoms with Crippen LogP contribution in [0.5, 0.6) is 0 Å². The Balaban J connectivity index is 1.70. The van der Waals surface area contributed by atoms with Crippen LogP contribution in [-0.2, 0) is 0 Å². The Morgan fingerprint density at radius 1 is 1.18 bits per heavy atom. The first-order chi connectivity index (χ1) is 8.29. The van der Waals surface area contributed by atoms with Crippen molar-refractivity contribution in [1.82, 2.24) is 0 Å². The first kappa shape index (κ1) is 13.1. The maximum Gasteiger partial charge on any atom is 0.127 e. The summed E-state index contributed by atoms with van der Waals surface area (Å²) in [6.45, 7) is 11.8. The minimum absolute atomic E-state index is 0.870. The van der Waals surface area contributed by atoms with E-state index in [2.05, 4.69) is 26.0 Å². The van der Waals surface area contributed by atoms with Gasteiger partial charge in [-0.3, -0.25) is 0 Å². The van der Waals surface area contributed by atoms with Crippen molar-refractivity contribution < 1.29 is 9.80 Å². The summed E-state index contributed by atoms with van der Waals surface area (Å²) in [4.78, 5) is 3.72. The molecular weight excluding hydrogens is 208 g/mol. The van der Waals surface area contributed by atoms with Crippen molar-refractivity contribution >= 4 is 0 Å². The fourth-order valence-corrected chi connectivity index (χ4v) is 3.36. The monoisotopic (exact) mass is 238 g/mol. The van der Waals surface area contributed by atoms with Crippen molar-refractivity contribution in [1.29, 1.82) is 0 Å². The second-order valence-electron chi connectivity index (χ2n) is 6.07. The molecule has 0 spiro atoms. The SMILES string of the molecule is CC[C@@H](C)[NH+]1CC[NH+](C[C@H]2CC=CCC2)CC1. The Kier molecular flexibility index (Phi) is 5.05. The standard InChI is InChI=1S/C15H28N2/c1-3-14(2)17-11-9-16(10-12-17)13-15-7-5-4-6-8-15/h4-5,14-15H,3,6-13H2,1-2H3/p+2/t14-,15+/m1/s1. The highest BCUT2D eigenvalue weighted by Crippen LogP contribution is 2.15. The van der Waals surface area contributed by atoms with Gasteiger partial charge in [0.1, 0.15) is 26.2 Å². The van der Waals surface area contributed by atoms with Gasteiger partial charge in [-0.2, -0.15) is 0 Å². The Morgan fingerprint density at radius 2 is 1.94 bits per heavy atom. The second kappa shape index (κ2) is 6.55. The molecule has 1 saturated heterocycles. The van der Waals surface area contributed by atoms with Gasteiger partial charge in [0.15, 0.2) is 0 Å². The number of rotatable bonds is 4. The molecule has 0 aromatic rings. The van der Waals surface area contributed by atoms with Crippen LogP contribution in [0.3, 0.4) is 0 Å². The average molecular weight is 238 g/mol. The van der Waals surface area contributed by atoms with E-state index in [1.54, 1.807) is 0 Å². The summed E-state index contributed by atoms with van der Waals surface area (Å²) >= 11 is 0. The van der Waals surface area contributed by atoms with Crippen LogP contribution in [0.25, 0.3) is 0 Å². The second-order valence-corrected chi connectivity index (χ2v) is 6.07. The molecule has 0 aromatic carbocycles. The fraction of sp³-hybridized carbons (Fsp3) is 0.867. The summed E-state index contributed by atoms with van der Waals surface area (Å²) in [5.41, 5.74) is 0. The lowest BCUT2D eigenvalue weighted by molar-refractivity contribution is -1.02. The van der Waals surface area contributed by atoms with Crippen LogP contribution >= 0.6 is 0 Å². The molecule has 2 nitrogen and oxygen atoms in total. The molecule has 2 atom stereocenters. The van der Waals surface area contributed by atoms with E-state index in [4.69, 9.17) is 0 Å². The Bertz CT molecular complexity index is 241. The largest absolute Gasteiger partial charge is 0.325 e. The third-order valence-corrected chi connectivity index (χ3v) is 4.86. The number of allylic oxidation sites excluding steroid dienone is 2. The lowest BCUT2D eigenvalue weighted by Gasteiger charge is -2.34. The Labute approximate surface area is 107 Å². The zero-order valence-corrected chi connectivity index (χ0v) is 11.7. The number of piperazine rings is 1. The molecular formula is C15H30N2+2. The first-order valence-corrected chi connectivity index (χ1v) is 7.62. The van der Waals surface area contributed by atoms with Crippen LogP contribution in [0, 0.1) is 5.92 Å². The smallest absolute Gasteiger partial charge is 0.127 e. The molecule has 0 bridgehead atoms. The summed E-state index contributed by atoms with van der Waals surface area (Å²) < 4.78 is 0. The Hall–Kier alpha value is -0.340. The van der Waals surface area contributed by atoms with E-state index < -0.39 is 0 Å². The molecule has 1 aliphatic carbocycles. The van der Waals surface area contributed by atoms with Crippen LogP contribution in [0.4, 0.5) is 0 Å². The molecule has 2 heteroatoms. The molecule has 0 amide bonds. The van der Waals surface area contributed by atoms with Gasteiger partial charge < -0.3 is 9.80 Å². The van der Waals surface area contributed by atoms with Gasteiger partial charge in [-0.1, -0.05) is 19.1 Å². The molecule has 0 radical (unpaired) electrons. The van der Waals surface area contributed by atoms with Crippen LogP contribution in [0.15, 0.2) is 12.2 Å². The van der Waals surface area contributed by atoms with E-state index >= 15 is 0 Å². The van der Waals surface area contributed by atoms with Gasteiger partial charge in [0.25, 0.3) is 0 Å². The van der Waals surface area contributed by atoms with Crippen LogP contribution in [0.1, 0.15) is 39.5 Å². The number of hydrogen-bond donors (Lipinski definition) is 2. The molecule has 2 aliphatic rings. The number of quaternary nitrogens is 2. The quantitative estimate of drug-likeness (QED) is 0.634. The summed E-state index contributed by atoms with van der Waals surface area (Å²) in [6.07, 6.45) is 10.2. The third-order valence-electron chi connectivity index (χ3n) is 4.86. The van der Waals surface area contributed by atoms with Crippen molar-refractivity contribution in [3.63, 3.8) is 0 Å². The van der Waals surface area contributed by atoms with E-state index in [1.165, 1.54) is 58.4 Å². The van der Waals surface area contributed by atoms with Gasteiger partial charge in [0.2, 0.25) is 0 Å². The third kappa shape index (κ3) is 3.82. The van der Waals surface area contributed by atoms with Crippen molar-refractivity contribution in [2.24, 2.45) is 5.92 Å². The van der Waals surface area contributed by atoms with Gasteiger partial charge in [0.05, 0.1) is 12.6 Å². The lowest BCUT2D eigenvalue weighted by atomic mass is 9.94. The van der Waals surface area contributed by atoms with Gasteiger partial charge >= 0.3 is 0 Å². The zero-order valence-electron chi connectivity index (χ0n) is 11.7. The van der Waals surface area contributed by atoms with Crippen molar-refractivity contribution in [3.8, 4) is 0 Å². The molecule has 0 saturated carbocycles. The lowest BCUT2D eigenvalue weighted by Crippen LogP contribution is -3.29. The van der Waals surface area contributed by atoms with Gasteiger partial charge in [-0.05, 0) is 32.6 Å².